The van der Waals surface area contributed by atoms with Gasteiger partial charge in [-0.2, -0.15) is 0 Å². The third-order valence-electron chi connectivity index (χ3n) is 2.60. The van der Waals surface area contributed by atoms with E-state index in [0.29, 0.717) is 26.1 Å². The number of nitrogens with one attached hydrogen (secondary N) is 1. The van der Waals surface area contributed by atoms with Gasteiger partial charge < -0.3 is 15.3 Å². The molecule has 1 heterocycles. The Balaban J connectivity index is 2.28. The van der Waals surface area contributed by atoms with Crippen LogP contribution in [0.25, 0.3) is 0 Å². The fourth-order valence-corrected chi connectivity index (χ4v) is 1.65. The summed E-state index contributed by atoms with van der Waals surface area (Å²) in [7, 11) is 0. The van der Waals surface area contributed by atoms with Gasteiger partial charge in [-0.15, -0.1) is 0 Å². The number of amides is 2. The summed E-state index contributed by atoms with van der Waals surface area (Å²) in [4.78, 5) is 23.8. The van der Waals surface area contributed by atoms with Crippen LogP contribution in [0.4, 0.5) is 4.79 Å². The molecule has 0 bridgehead atoms. The highest BCUT2D eigenvalue weighted by Crippen LogP contribution is 2.15. The molecule has 0 aromatic carbocycles. The number of allylic oxidation sites excluding steroid dienone is 1. The van der Waals surface area contributed by atoms with Crippen LogP contribution in [0.3, 0.4) is 0 Å². The Morgan fingerprint density at radius 2 is 2.25 bits per heavy atom. The molecule has 2 N–H and O–H groups in total. The Labute approximate surface area is 95.1 Å². The summed E-state index contributed by atoms with van der Waals surface area (Å²) in [6, 6.07) is -0.176. The largest absolute Gasteiger partial charge is 0.481 e. The molecular weight excluding hydrogens is 208 g/mol. The molecule has 0 aliphatic carbocycles. The highest BCUT2D eigenvalue weighted by molar-refractivity contribution is 5.77. The molecule has 1 unspecified atom stereocenters. The van der Waals surface area contributed by atoms with Gasteiger partial charge >= 0.3 is 12.0 Å². The number of hydrogen-bond acceptors (Lipinski definition) is 2. The van der Waals surface area contributed by atoms with E-state index >= 15 is 0 Å². The van der Waals surface area contributed by atoms with Crippen molar-refractivity contribution in [1.82, 2.24) is 10.2 Å². The SMILES string of the molecule is CC/C=C/CNC(=O)N1CCC(C(=O)O)C1. The maximum absolute atomic E-state index is 11.6. The number of carboxylic acid groups (broad SMARTS) is 1. The second kappa shape index (κ2) is 6.15. The van der Waals surface area contributed by atoms with Crippen LogP contribution in [0.5, 0.6) is 0 Å². The monoisotopic (exact) mass is 226 g/mol. The lowest BCUT2D eigenvalue weighted by molar-refractivity contribution is -0.141. The van der Waals surface area contributed by atoms with Crippen molar-refractivity contribution >= 4 is 12.0 Å². The molecule has 1 saturated heterocycles. The van der Waals surface area contributed by atoms with Crippen LogP contribution in [0.1, 0.15) is 19.8 Å². The second-order valence-electron chi connectivity index (χ2n) is 3.84. The summed E-state index contributed by atoms with van der Waals surface area (Å²) in [6.07, 6.45) is 5.36. The van der Waals surface area contributed by atoms with E-state index in [9.17, 15) is 9.59 Å². The standard InChI is InChI=1S/C11H18N2O3/c1-2-3-4-6-12-11(16)13-7-5-9(8-13)10(14)15/h3-4,9H,2,5-8H2,1H3,(H,12,16)(H,14,15)/b4-3+. The summed E-state index contributed by atoms with van der Waals surface area (Å²) >= 11 is 0. The van der Waals surface area contributed by atoms with E-state index in [1.165, 1.54) is 0 Å². The van der Waals surface area contributed by atoms with Crippen LogP contribution < -0.4 is 5.32 Å². The summed E-state index contributed by atoms with van der Waals surface area (Å²) < 4.78 is 0. The van der Waals surface area contributed by atoms with Crippen molar-refractivity contribution in [3.8, 4) is 0 Å². The van der Waals surface area contributed by atoms with E-state index in [-0.39, 0.29) is 6.03 Å². The van der Waals surface area contributed by atoms with Gasteiger partial charge in [-0.1, -0.05) is 19.1 Å². The fraction of sp³-hybridized carbons (Fsp3) is 0.636. The van der Waals surface area contributed by atoms with Gasteiger partial charge in [0.25, 0.3) is 0 Å². The van der Waals surface area contributed by atoms with Crippen molar-refractivity contribution < 1.29 is 14.7 Å². The topological polar surface area (TPSA) is 69.6 Å². The number of carbonyl (C=O) groups excluding carboxylic acids is 1. The van der Waals surface area contributed by atoms with E-state index in [1.807, 2.05) is 19.1 Å². The zero-order valence-corrected chi connectivity index (χ0v) is 9.48. The lowest BCUT2D eigenvalue weighted by atomic mass is 10.1. The third kappa shape index (κ3) is 3.56. The smallest absolute Gasteiger partial charge is 0.317 e. The summed E-state index contributed by atoms with van der Waals surface area (Å²) in [5.74, 6) is -1.22. The Morgan fingerprint density at radius 1 is 1.50 bits per heavy atom. The minimum atomic E-state index is -0.818. The maximum Gasteiger partial charge on any atom is 0.317 e. The zero-order chi connectivity index (χ0) is 12.0. The average molecular weight is 226 g/mol. The lowest BCUT2D eigenvalue weighted by Gasteiger charge is -2.15. The highest BCUT2D eigenvalue weighted by atomic mass is 16.4. The molecule has 0 aromatic rings. The van der Waals surface area contributed by atoms with Gasteiger partial charge in [-0.05, 0) is 12.8 Å². The number of carbonyl (C=O) groups is 2. The first-order chi connectivity index (χ1) is 7.65. The van der Waals surface area contributed by atoms with Gasteiger partial charge in [0, 0.05) is 19.6 Å². The van der Waals surface area contributed by atoms with Crippen molar-refractivity contribution in [3.05, 3.63) is 12.2 Å². The third-order valence-corrected chi connectivity index (χ3v) is 2.60. The number of nitrogens with zero attached hydrogens (tertiary/aromatic N) is 1. The molecule has 1 aliphatic heterocycles. The van der Waals surface area contributed by atoms with Crippen molar-refractivity contribution in [3.63, 3.8) is 0 Å². The van der Waals surface area contributed by atoms with Crippen LogP contribution in [0.15, 0.2) is 12.2 Å². The molecule has 2 amide bonds. The predicted molar refractivity (Wildman–Crippen MR) is 60.1 cm³/mol. The molecule has 0 spiro atoms. The molecular formula is C11H18N2O3. The molecule has 0 saturated carbocycles. The molecule has 1 fully saturated rings. The normalized spacial score (nSPS) is 20.3. The summed E-state index contributed by atoms with van der Waals surface area (Å²) in [5.41, 5.74) is 0. The number of urea groups is 1. The van der Waals surface area contributed by atoms with E-state index < -0.39 is 11.9 Å². The van der Waals surface area contributed by atoms with Gasteiger partial charge in [0.2, 0.25) is 0 Å². The summed E-state index contributed by atoms with van der Waals surface area (Å²) in [6.45, 7) is 3.37. The molecule has 1 rings (SSSR count). The highest BCUT2D eigenvalue weighted by Gasteiger charge is 2.30. The minimum absolute atomic E-state index is 0.176. The summed E-state index contributed by atoms with van der Waals surface area (Å²) in [5, 5.41) is 11.5. The van der Waals surface area contributed by atoms with Crippen LogP contribution in [0.2, 0.25) is 0 Å². The Bertz CT molecular complexity index is 289. The van der Waals surface area contributed by atoms with Crippen LogP contribution >= 0.6 is 0 Å². The number of likely N-dealkylation sites (tertiary alicyclic amines) is 1. The Morgan fingerprint density at radius 3 is 2.81 bits per heavy atom. The quantitative estimate of drug-likeness (QED) is 0.704. The molecule has 0 aromatic heterocycles. The number of aliphatic carboxylic acids is 1. The van der Waals surface area contributed by atoms with Gasteiger partial charge in [0.15, 0.2) is 0 Å². The molecule has 16 heavy (non-hydrogen) atoms. The van der Waals surface area contributed by atoms with Gasteiger partial charge in [0.05, 0.1) is 5.92 Å². The van der Waals surface area contributed by atoms with E-state index in [2.05, 4.69) is 5.32 Å². The molecule has 5 heteroatoms. The van der Waals surface area contributed by atoms with Crippen LogP contribution in [-0.4, -0.2) is 41.6 Å². The predicted octanol–water partition coefficient (Wildman–Crippen LogP) is 1.07. The molecule has 1 atom stereocenters. The zero-order valence-electron chi connectivity index (χ0n) is 9.48. The minimum Gasteiger partial charge on any atom is -0.481 e. The van der Waals surface area contributed by atoms with Crippen LogP contribution in [-0.2, 0) is 4.79 Å². The first-order valence-electron chi connectivity index (χ1n) is 5.55. The van der Waals surface area contributed by atoms with E-state index in [0.717, 1.165) is 6.42 Å². The lowest BCUT2D eigenvalue weighted by Crippen LogP contribution is -2.38. The van der Waals surface area contributed by atoms with Gasteiger partial charge in [-0.25, -0.2) is 4.79 Å². The fourth-order valence-electron chi connectivity index (χ4n) is 1.65. The first-order valence-corrected chi connectivity index (χ1v) is 5.55. The van der Waals surface area contributed by atoms with Crippen molar-refractivity contribution in [2.45, 2.75) is 19.8 Å². The van der Waals surface area contributed by atoms with Crippen LogP contribution in [0, 0.1) is 5.92 Å². The Kier molecular flexibility index (Phi) is 4.82. The van der Waals surface area contributed by atoms with E-state index in [4.69, 9.17) is 5.11 Å². The molecule has 90 valence electrons. The maximum atomic E-state index is 11.6. The van der Waals surface area contributed by atoms with Crippen molar-refractivity contribution in [1.29, 1.82) is 0 Å². The average Bonchev–Trinajstić information content (AvgIpc) is 2.73. The second-order valence-corrected chi connectivity index (χ2v) is 3.84. The van der Waals surface area contributed by atoms with Gasteiger partial charge in [-0.3, -0.25) is 4.79 Å². The van der Waals surface area contributed by atoms with E-state index in [1.54, 1.807) is 4.90 Å². The Hall–Kier alpha value is -1.52. The number of rotatable bonds is 4. The molecule has 5 nitrogen and oxygen atoms in total. The van der Waals surface area contributed by atoms with Gasteiger partial charge in [0.1, 0.15) is 0 Å². The molecule has 1 aliphatic rings. The number of hydrogen-bond donors (Lipinski definition) is 2. The first kappa shape index (κ1) is 12.5. The number of carboxylic acids is 1. The van der Waals surface area contributed by atoms with Crippen molar-refractivity contribution in [2.24, 2.45) is 5.92 Å². The van der Waals surface area contributed by atoms with Crippen molar-refractivity contribution in [2.75, 3.05) is 19.6 Å². The molecule has 0 radical (unpaired) electrons.